The Kier molecular flexibility index (Phi) is 3.49. The average Bonchev–Trinajstić information content (AvgIpc) is 3.09. The van der Waals surface area contributed by atoms with Crippen LogP contribution in [0.3, 0.4) is 0 Å². The summed E-state index contributed by atoms with van der Waals surface area (Å²) in [5.41, 5.74) is -0.738. The molecule has 0 saturated heterocycles. The Morgan fingerprint density at radius 2 is 2.11 bits per heavy atom. The van der Waals surface area contributed by atoms with E-state index in [-0.39, 0.29) is 5.02 Å². The van der Waals surface area contributed by atoms with Crippen molar-refractivity contribution in [1.29, 1.82) is 0 Å². The molecule has 6 heteroatoms. The molecule has 0 aliphatic heterocycles. The molecule has 1 aromatic rings. The molecule has 1 aliphatic rings. The maximum Gasteiger partial charge on any atom is 0.319 e. The number of halogens is 2. The second-order valence-corrected chi connectivity index (χ2v) is 5.16. The highest BCUT2D eigenvalue weighted by molar-refractivity contribution is 6.31. The van der Waals surface area contributed by atoms with Crippen LogP contribution in [0.25, 0.3) is 0 Å². The third-order valence-corrected chi connectivity index (χ3v) is 3.70. The molecule has 4 nitrogen and oxygen atoms in total. The van der Waals surface area contributed by atoms with Crippen LogP contribution in [0.5, 0.6) is 0 Å². The number of nitrogens with one attached hydrogen (secondary N) is 1. The molecule has 2 N–H and O–H groups in total. The van der Waals surface area contributed by atoms with Crippen molar-refractivity contribution in [3.63, 3.8) is 0 Å². The number of carbonyl (C=O) groups is 2. The van der Waals surface area contributed by atoms with Crippen LogP contribution in [-0.4, -0.2) is 17.0 Å². The lowest BCUT2D eigenvalue weighted by atomic mass is 10.0. The summed E-state index contributed by atoms with van der Waals surface area (Å²) in [7, 11) is 0. The fourth-order valence-corrected chi connectivity index (χ4v) is 2.26. The van der Waals surface area contributed by atoms with Crippen LogP contribution in [0.1, 0.15) is 31.4 Å². The first-order valence-corrected chi connectivity index (χ1v) is 6.24. The second kappa shape index (κ2) is 4.81. The maximum absolute atomic E-state index is 12.9. The van der Waals surface area contributed by atoms with Gasteiger partial charge in [0.15, 0.2) is 0 Å². The van der Waals surface area contributed by atoms with E-state index in [2.05, 4.69) is 5.32 Å². The van der Waals surface area contributed by atoms with Gasteiger partial charge in [-0.05, 0) is 37.5 Å². The molecule has 0 bridgehead atoms. The SMILES string of the molecule is C[C@@H](NC(=O)C1(C(=O)O)CC1)c1ccc(F)cc1Cl. The van der Waals surface area contributed by atoms with E-state index >= 15 is 0 Å². The molecule has 2 rings (SSSR count). The largest absolute Gasteiger partial charge is 0.480 e. The summed E-state index contributed by atoms with van der Waals surface area (Å²) >= 11 is 5.89. The molecule has 0 aromatic heterocycles. The Morgan fingerprint density at radius 1 is 1.47 bits per heavy atom. The maximum atomic E-state index is 12.9. The number of aliphatic carboxylic acids is 1. The standard InChI is InChI=1S/C13H13ClFNO3/c1-7(9-3-2-8(15)6-10(9)14)16-11(17)13(4-5-13)12(18)19/h2-3,6-7H,4-5H2,1H3,(H,16,17)(H,18,19)/t7-/m1/s1. The highest BCUT2D eigenvalue weighted by Crippen LogP contribution is 2.46. The minimum Gasteiger partial charge on any atom is -0.480 e. The quantitative estimate of drug-likeness (QED) is 0.836. The monoisotopic (exact) mass is 285 g/mol. The zero-order chi connectivity index (χ0) is 14.2. The van der Waals surface area contributed by atoms with E-state index in [9.17, 15) is 14.0 Å². The van der Waals surface area contributed by atoms with Crippen molar-refractivity contribution in [2.24, 2.45) is 5.41 Å². The van der Waals surface area contributed by atoms with Gasteiger partial charge in [-0.25, -0.2) is 4.39 Å². The van der Waals surface area contributed by atoms with Crippen molar-refractivity contribution < 1.29 is 19.1 Å². The van der Waals surface area contributed by atoms with E-state index < -0.39 is 29.2 Å². The zero-order valence-electron chi connectivity index (χ0n) is 10.2. The van der Waals surface area contributed by atoms with Crippen LogP contribution in [0.2, 0.25) is 5.02 Å². The highest BCUT2D eigenvalue weighted by Gasteiger charge is 2.57. The molecule has 102 valence electrons. The van der Waals surface area contributed by atoms with Gasteiger partial charge in [0.2, 0.25) is 5.91 Å². The van der Waals surface area contributed by atoms with E-state index in [1.807, 2.05) is 0 Å². The van der Waals surface area contributed by atoms with E-state index in [1.165, 1.54) is 12.1 Å². The Balaban J connectivity index is 2.11. The third kappa shape index (κ3) is 2.56. The summed E-state index contributed by atoms with van der Waals surface area (Å²) in [6, 6.07) is 3.40. The van der Waals surface area contributed by atoms with Crippen molar-refractivity contribution in [3.8, 4) is 0 Å². The van der Waals surface area contributed by atoms with E-state index in [0.29, 0.717) is 18.4 Å². The Hall–Kier alpha value is -1.62. The number of carbonyl (C=O) groups excluding carboxylic acids is 1. The molecule has 0 spiro atoms. The van der Waals surface area contributed by atoms with Crippen molar-refractivity contribution in [3.05, 3.63) is 34.6 Å². The Labute approximate surface area is 114 Å². The normalized spacial score (nSPS) is 17.6. The Morgan fingerprint density at radius 3 is 2.58 bits per heavy atom. The zero-order valence-corrected chi connectivity index (χ0v) is 11.0. The van der Waals surface area contributed by atoms with Crippen molar-refractivity contribution in [1.82, 2.24) is 5.32 Å². The van der Waals surface area contributed by atoms with Gasteiger partial charge in [0.05, 0.1) is 6.04 Å². The predicted molar refractivity (Wildman–Crippen MR) is 67.3 cm³/mol. The molecule has 0 heterocycles. The van der Waals surface area contributed by atoms with E-state index in [1.54, 1.807) is 6.92 Å². The number of amides is 1. The lowest BCUT2D eigenvalue weighted by molar-refractivity contribution is -0.149. The van der Waals surface area contributed by atoms with Gasteiger partial charge in [-0.3, -0.25) is 9.59 Å². The van der Waals surface area contributed by atoms with Gasteiger partial charge < -0.3 is 10.4 Å². The first-order chi connectivity index (χ1) is 8.86. The first kappa shape index (κ1) is 13.8. The summed E-state index contributed by atoms with van der Waals surface area (Å²) in [6.07, 6.45) is 0.691. The van der Waals surface area contributed by atoms with Crippen molar-refractivity contribution in [2.75, 3.05) is 0 Å². The lowest BCUT2D eigenvalue weighted by Crippen LogP contribution is -2.38. The average molecular weight is 286 g/mol. The topological polar surface area (TPSA) is 66.4 Å². The van der Waals surface area contributed by atoms with E-state index in [4.69, 9.17) is 16.7 Å². The number of rotatable bonds is 4. The number of carboxylic acid groups (broad SMARTS) is 1. The first-order valence-electron chi connectivity index (χ1n) is 5.86. The molecular formula is C13H13ClFNO3. The van der Waals surface area contributed by atoms with Gasteiger partial charge in [-0.2, -0.15) is 0 Å². The van der Waals surface area contributed by atoms with Gasteiger partial charge in [-0.15, -0.1) is 0 Å². The fraction of sp³-hybridized carbons (Fsp3) is 0.385. The van der Waals surface area contributed by atoms with Crippen LogP contribution in [0, 0.1) is 11.2 Å². The molecule has 1 amide bonds. The predicted octanol–water partition coefficient (Wildman–Crippen LogP) is 2.52. The number of hydrogen-bond donors (Lipinski definition) is 2. The van der Waals surface area contributed by atoms with Crippen LogP contribution < -0.4 is 5.32 Å². The highest BCUT2D eigenvalue weighted by atomic mass is 35.5. The van der Waals surface area contributed by atoms with Crippen molar-refractivity contribution in [2.45, 2.75) is 25.8 Å². The van der Waals surface area contributed by atoms with Gasteiger partial charge >= 0.3 is 5.97 Å². The number of hydrogen-bond acceptors (Lipinski definition) is 2. The van der Waals surface area contributed by atoms with Gasteiger partial charge in [-0.1, -0.05) is 17.7 Å². The molecular weight excluding hydrogens is 273 g/mol. The fourth-order valence-electron chi connectivity index (χ4n) is 1.93. The molecule has 1 fully saturated rings. The van der Waals surface area contributed by atoms with Gasteiger partial charge in [0.25, 0.3) is 0 Å². The van der Waals surface area contributed by atoms with E-state index in [0.717, 1.165) is 6.07 Å². The smallest absolute Gasteiger partial charge is 0.319 e. The summed E-state index contributed by atoms with van der Waals surface area (Å²) < 4.78 is 12.9. The minimum absolute atomic E-state index is 0.202. The molecule has 19 heavy (non-hydrogen) atoms. The summed E-state index contributed by atoms with van der Waals surface area (Å²) in [4.78, 5) is 22.9. The Bertz CT molecular complexity index is 543. The molecule has 1 atom stereocenters. The second-order valence-electron chi connectivity index (χ2n) is 4.75. The minimum atomic E-state index is -1.29. The van der Waals surface area contributed by atoms with Crippen LogP contribution in [-0.2, 0) is 9.59 Å². The summed E-state index contributed by atoms with van der Waals surface area (Å²) in [5, 5.41) is 11.8. The molecule has 1 aliphatic carbocycles. The van der Waals surface area contributed by atoms with Crippen molar-refractivity contribution >= 4 is 23.5 Å². The van der Waals surface area contributed by atoms with Gasteiger partial charge in [0.1, 0.15) is 11.2 Å². The summed E-state index contributed by atoms with van der Waals surface area (Å²) in [5.74, 6) is -2.09. The molecule has 1 saturated carbocycles. The van der Waals surface area contributed by atoms with Crippen LogP contribution in [0.4, 0.5) is 4.39 Å². The molecule has 0 unspecified atom stereocenters. The molecule has 0 radical (unpaired) electrons. The molecule has 1 aromatic carbocycles. The van der Waals surface area contributed by atoms with Crippen LogP contribution >= 0.6 is 11.6 Å². The van der Waals surface area contributed by atoms with Gasteiger partial charge in [0, 0.05) is 5.02 Å². The number of benzene rings is 1. The number of carboxylic acids is 1. The summed E-state index contributed by atoms with van der Waals surface area (Å²) in [6.45, 7) is 1.68. The lowest BCUT2D eigenvalue weighted by Gasteiger charge is -2.18. The third-order valence-electron chi connectivity index (χ3n) is 3.37. The van der Waals surface area contributed by atoms with Crippen LogP contribution in [0.15, 0.2) is 18.2 Å².